The highest BCUT2D eigenvalue weighted by Crippen LogP contribution is 2.33. The minimum absolute atomic E-state index is 0.00176. The molecule has 2 aromatic heterocycles. The minimum Gasteiger partial charge on any atom is -0.472 e. The van der Waals surface area contributed by atoms with E-state index in [1.54, 1.807) is 11.0 Å². The lowest BCUT2D eigenvalue weighted by atomic mass is 9.99. The molecule has 10 nitrogen and oxygen atoms in total. The molecule has 0 bridgehead atoms. The quantitative estimate of drug-likeness (QED) is 0.783. The second-order valence-corrected chi connectivity index (χ2v) is 8.21. The Hall–Kier alpha value is -2.72. The van der Waals surface area contributed by atoms with E-state index in [0.717, 1.165) is 30.7 Å². The first-order valence-corrected chi connectivity index (χ1v) is 10.4. The van der Waals surface area contributed by atoms with Crippen LogP contribution in [0.1, 0.15) is 41.0 Å². The fourth-order valence-corrected chi connectivity index (χ4v) is 4.44. The van der Waals surface area contributed by atoms with Gasteiger partial charge in [-0.3, -0.25) is 9.59 Å². The summed E-state index contributed by atoms with van der Waals surface area (Å²) in [5.74, 6) is -0.00975. The van der Waals surface area contributed by atoms with Crippen LogP contribution in [0, 0.1) is 5.92 Å². The van der Waals surface area contributed by atoms with Gasteiger partial charge >= 0.3 is 0 Å². The molecule has 3 aliphatic rings. The topological polar surface area (TPSA) is 112 Å². The molecule has 5 heterocycles. The number of carbonyl (C=O) groups excluding carboxylic acids is 2. The largest absolute Gasteiger partial charge is 0.472 e. The zero-order valence-corrected chi connectivity index (χ0v) is 16.7. The van der Waals surface area contributed by atoms with Gasteiger partial charge in [-0.1, -0.05) is 5.21 Å². The normalized spacial score (nSPS) is 24.2. The summed E-state index contributed by atoms with van der Waals surface area (Å²) in [6, 6.07) is 1.67. The lowest BCUT2D eigenvalue weighted by Crippen LogP contribution is -2.45. The van der Waals surface area contributed by atoms with Crippen LogP contribution in [0.3, 0.4) is 0 Å². The molecular weight excluding hydrogens is 390 g/mol. The van der Waals surface area contributed by atoms with E-state index in [4.69, 9.17) is 13.9 Å². The third kappa shape index (κ3) is 3.61. The van der Waals surface area contributed by atoms with Gasteiger partial charge in [0.25, 0.3) is 5.91 Å². The summed E-state index contributed by atoms with van der Waals surface area (Å²) in [4.78, 5) is 26.7. The van der Waals surface area contributed by atoms with Crippen LogP contribution >= 0.6 is 0 Å². The molecule has 0 aromatic carbocycles. The van der Waals surface area contributed by atoms with E-state index in [0.29, 0.717) is 51.6 Å². The number of likely N-dealkylation sites (tertiary alicyclic amines) is 1. The van der Waals surface area contributed by atoms with E-state index in [1.807, 2.05) is 4.68 Å². The number of aromatic nitrogens is 3. The Kier molecular flexibility index (Phi) is 5.03. The van der Waals surface area contributed by atoms with Gasteiger partial charge < -0.3 is 24.1 Å². The minimum atomic E-state index is -0.456. The Morgan fingerprint density at radius 2 is 2.13 bits per heavy atom. The maximum Gasteiger partial charge on any atom is 0.257 e. The highest BCUT2D eigenvalue weighted by atomic mass is 16.5. The van der Waals surface area contributed by atoms with Crippen molar-refractivity contribution in [2.24, 2.45) is 5.92 Å². The molecule has 1 N–H and O–H groups in total. The van der Waals surface area contributed by atoms with Crippen LogP contribution in [0.4, 0.5) is 0 Å². The molecule has 1 atom stereocenters. The Labute approximate surface area is 173 Å². The molecule has 2 fully saturated rings. The number of rotatable bonds is 4. The number of fused-ring (bicyclic) bond motifs is 1. The summed E-state index contributed by atoms with van der Waals surface area (Å²) >= 11 is 0. The number of hydrogen-bond acceptors (Lipinski definition) is 7. The molecule has 2 aromatic rings. The fraction of sp³-hybridized carbons (Fsp3) is 0.600. The number of carbonyl (C=O) groups is 2. The first-order chi connectivity index (χ1) is 14.6. The van der Waals surface area contributed by atoms with Crippen molar-refractivity contribution >= 4 is 11.8 Å². The van der Waals surface area contributed by atoms with Gasteiger partial charge in [0, 0.05) is 25.7 Å². The number of nitrogens with one attached hydrogen (secondary N) is 1. The van der Waals surface area contributed by atoms with Crippen LogP contribution < -0.4 is 5.32 Å². The predicted octanol–water partition coefficient (Wildman–Crippen LogP) is 0.729. The molecule has 0 saturated carbocycles. The van der Waals surface area contributed by atoms with Crippen LogP contribution in [0.15, 0.2) is 23.0 Å². The molecule has 0 aliphatic carbocycles. The standard InChI is InChI=1S/C20H25N5O5/c26-18(14-1-6-28-7-2-14)21-9-16-17-11-30-20(13-25(17)23-22-16)4-5-24(12-20)19(27)15-3-8-29-10-15/h3,8,10,14H,1-2,4-7,9,11-13H2,(H,21,26). The highest BCUT2D eigenvalue weighted by molar-refractivity contribution is 5.94. The highest BCUT2D eigenvalue weighted by Gasteiger charge is 2.45. The Morgan fingerprint density at radius 3 is 2.93 bits per heavy atom. The average Bonchev–Trinajstić information content (AvgIpc) is 3.53. The summed E-state index contributed by atoms with van der Waals surface area (Å²) in [6.45, 7) is 3.65. The van der Waals surface area contributed by atoms with Gasteiger partial charge in [0.2, 0.25) is 5.91 Å². The number of amides is 2. The Morgan fingerprint density at radius 1 is 1.27 bits per heavy atom. The van der Waals surface area contributed by atoms with Gasteiger partial charge in [-0.15, -0.1) is 5.10 Å². The zero-order chi connectivity index (χ0) is 20.6. The van der Waals surface area contributed by atoms with Crippen molar-refractivity contribution in [3.8, 4) is 0 Å². The third-order valence-corrected chi connectivity index (χ3v) is 6.26. The predicted molar refractivity (Wildman–Crippen MR) is 102 cm³/mol. The van der Waals surface area contributed by atoms with Crippen LogP contribution in [0.25, 0.3) is 0 Å². The van der Waals surface area contributed by atoms with E-state index in [-0.39, 0.29) is 17.7 Å². The van der Waals surface area contributed by atoms with Crippen molar-refractivity contribution in [2.75, 3.05) is 26.3 Å². The molecule has 10 heteroatoms. The second kappa shape index (κ2) is 7.84. The van der Waals surface area contributed by atoms with Gasteiger partial charge in [-0.05, 0) is 25.3 Å². The summed E-state index contributed by atoms with van der Waals surface area (Å²) in [6.07, 6.45) is 5.22. The molecule has 5 rings (SSSR count). The van der Waals surface area contributed by atoms with Gasteiger partial charge in [-0.2, -0.15) is 0 Å². The summed E-state index contributed by atoms with van der Waals surface area (Å²) in [7, 11) is 0. The monoisotopic (exact) mass is 415 g/mol. The molecule has 1 unspecified atom stereocenters. The fourth-order valence-electron chi connectivity index (χ4n) is 4.44. The number of ether oxygens (including phenoxy) is 2. The maximum absolute atomic E-state index is 12.6. The van der Waals surface area contributed by atoms with Crippen LogP contribution in [0.5, 0.6) is 0 Å². The lowest BCUT2D eigenvalue weighted by Gasteiger charge is -2.33. The summed E-state index contributed by atoms with van der Waals surface area (Å²) in [5, 5.41) is 11.5. The van der Waals surface area contributed by atoms with Crippen molar-refractivity contribution in [1.82, 2.24) is 25.2 Å². The Balaban J connectivity index is 1.20. The molecular formula is C20H25N5O5. The van der Waals surface area contributed by atoms with E-state index in [2.05, 4.69) is 15.6 Å². The van der Waals surface area contributed by atoms with Gasteiger partial charge in [0.15, 0.2) is 0 Å². The van der Waals surface area contributed by atoms with Crippen molar-refractivity contribution in [2.45, 2.75) is 44.6 Å². The van der Waals surface area contributed by atoms with Crippen LogP contribution in [-0.4, -0.2) is 63.6 Å². The summed E-state index contributed by atoms with van der Waals surface area (Å²) in [5.41, 5.74) is 1.71. The van der Waals surface area contributed by atoms with Crippen molar-refractivity contribution in [3.05, 3.63) is 35.5 Å². The van der Waals surface area contributed by atoms with Crippen molar-refractivity contribution < 1.29 is 23.5 Å². The molecule has 30 heavy (non-hydrogen) atoms. The van der Waals surface area contributed by atoms with Gasteiger partial charge in [0.1, 0.15) is 17.6 Å². The average molecular weight is 415 g/mol. The van der Waals surface area contributed by atoms with E-state index in [1.165, 1.54) is 12.5 Å². The van der Waals surface area contributed by atoms with Crippen molar-refractivity contribution in [3.63, 3.8) is 0 Å². The molecule has 0 radical (unpaired) electrons. The van der Waals surface area contributed by atoms with Gasteiger partial charge in [0.05, 0.1) is 43.8 Å². The van der Waals surface area contributed by atoms with E-state index >= 15 is 0 Å². The molecule has 160 valence electrons. The molecule has 1 spiro atoms. The van der Waals surface area contributed by atoms with Crippen LogP contribution in [0.2, 0.25) is 0 Å². The van der Waals surface area contributed by atoms with Gasteiger partial charge in [-0.25, -0.2) is 4.68 Å². The van der Waals surface area contributed by atoms with E-state index in [9.17, 15) is 9.59 Å². The maximum atomic E-state index is 12.6. The molecule has 2 amide bonds. The second-order valence-electron chi connectivity index (χ2n) is 8.21. The third-order valence-electron chi connectivity index (χ3n) is 6.26. The zero-order valence-electron chi connectivity index (χ0n) is 16.7. The first-order valence-electron chi connectivity index (χ1n) is 10.4. The number of hydrogen-bond donors (Lipinski definition) is 1. The first kappa shape index (κ1) is 19.3. The lowest BCUT2D eigenvalue weighted by molar-refractivity contribution is -0.128. The number of furan rings is 1. The van der Waals surface area contributed by atoms with Crippen LogP contribution in [-0.2, 0) is 34.0 Å². The Bertz CT molecular complexity index is 920. The molecule has 3 aliphatic heterocycles. The smallest absolute Gasteiger partial charge is 0.257 e. The van der Waals surface area contributed by atoms with Crippen molar-refractivity contribution in [1.29, 1.82) is 0 Å². The SMILES string of the molecule is O=C(NCc1nnn2c1COC1(CCN(C(=O)c3ccoc3)C1)C2)C1CCOCC1. The summed E-state index contributed by atoms with van der Waals surface area (Å²) < 4.78 is 18.4. The molecule has 2 saturated heterocycles. The van der Waals surface area contributed by atoms with E-state index < -0.39 is 5.60 Å². The number of nitrogens with zero attached hydrogens (tertiary/aromatic N) is 4.